The Balaban J connectivity index is 1.09. The van der Waals surface area contributed by atoms with Crippen LogP contribution in [0.25, 0.3) is 97.0 Å². The highest BCUT2D eigenvalue weighted by molar-refractivity contribution is 7.26. The lowest BCUT2D eigenvalue weighted by atomic mass is 9.80. The first-order chi connectivity index (χ1) is 25.5. The topological polar surface area (TPSA) is 0 Å². The number of hydrogen-bond donors (Lipinski definition) is 0. The fraction of sp³-hybridized carbons (Fsp3) is 0.0588. The third kappa shape index (κ3) is 4.21. The van der Waals surface area contributed by atoms with Gasteiger partial charge in [0, 0.05) is 25.6 Å². The molecule has 0 aliphatic heterocycles. The van der Waals surface area contributed by atoms with Gasteiger partial charge in [0.25, 0.3) is 0 Å². The SMILES string of the molecule is CC1(C)c2ccc(-c3cccc(-c4c5ccccc5c(-c5ccccc5)c5ccccc45)c3)cc2-c2ccc3sc4cc5ccccc5cc4c3c21. The minimum atomic E-state index is -0.109. The van der Waals surface area contributed by atoms with E-state index in [0.29, 0.717) is 0 Å². The predicted octanol–water partition coefficient (Wildman–Crippen LogP) is 14.8. The summed E-state index contributed by atoms with van der Waals surface area (Å²) in [4.78, 5) is 0. The maximum Gasteiger partial charge on any atom is 0.0361 e. The zero-order valence-corrected chi connectivity index (χ0v) is 29.9. The molecular weight excluding hydrogens is 645 g/mol. The van der Waals surface area contributed by atoms with E-state index in [1.807, 2.05) is 11.3 Å². The first-order valence-electron chi connectivity index (χ1n) is 18.2. The lowest BCUT2D eigenvalue weighted by Crippen LogP contribution is -2.15. The summed E-state index contributed by atoms with van der Waals surface area (Å²) >= 11 is 1.92. The lowest BCUT2D eigenvalue weighted by molar-refractivity contribution is 0.667. The van der Waals surface area contributed by atoms with Crippen LogP contribution in [0.4, 0.5) is 0 Å². The van der Waals surface area contributed by atoms with Crippen molar-refractivity contribution in [2.45, 2.75) is 19.3 Å². The first kappa shape index (κ1) is 29.7. The van der Waals surface area contributed by atoms with E-state index in [1.165, 1.54) is 108 Å². The molecule has 0 radical (unpaired) electrons. The van der Waals surface area contributed by atoms with Crippen molar-refractivity contribution in [1.29, 1.82) is 0 Å². The Morgan fingerprint density at radius 3 is 1.67 bits per heavy atom. The highest BCUT2D eigenvalue weighted by Gasteiger charge is 2.38. The number of thiophene rings is 1. The third-order valence-corrected chi connectivity index (χ3v) is 12.7. The quantitative estimate of drug-likeness (QED) is 0.163. The fourth-order valence-corrected chi connectivity index (χ4v) is 10.4. The number of fused-ring (bicyclic) bond motifs is 10. The second-order valence-electron chi connectivity index (χ2n) is 14.8. The second kappa shape index (κ2) is 11.0. The maximum absolute atomic E-state index is 2.45. The Morgan fingerprint density at radius 1 is 0.385 bits per heavy atom. The van der Waals surface area contributed by atoms with Crippen LogP contribution in [-0.2, 0) is 5.41 Å². The molecular formula is C51H34S. The molecule has 0 spiro atoms. The molecule has 1 aliphatic rings. The predicted molar refractivity (Wildman–Crippen MR) is 226 cm³/mol. The van der Waals surface area contributed by atoms with E-state index in [1.54, 1.807) is 0 Å². The van der Waals surface area contributed by atoms with Gasteiger partial charge < -0.3 is 0 Å². The summed E-state index contributed by atoms with van der Waals surface area (Å²) in [6, 6.07) is 63.4. The van der Waals surface area contributed by atoms with Crippen LogP contribution in [0.5, 0.6) is 0 Å². The molecule has 0 atom stereocenters. The van der Waals surface area contributed by atoms with E-state index < -0.39 is 0 Å². The van der Waals surface area contributed by atoms with Crippen molar-refractivity contribution < 1.29 is 0 Å². The lowest BCUT2D eigenvalue weighted by Gasteiger charge is -2.23. The normalized spacial score (nSPS) is 13.3. The minimum Gasteiger partial charge on any atom is -0.135 e. The molecule has 1 heteroatoms. The van der Waals surface area contributed by atoms with Crippen LogP contribution in [0, 0.1) is 0 Å². The van der Waals surface area contributed by atoms with Gasteiger partial charge in [-0.15, -0.1) is 11.3 Å². The van der Waals surface area contributed by atoms with Gasteiger partial charge in [0.05, 0.1) is 0 Å². The number of rotatable bonds is 3. The highest BCUT2D eigenvalue weighted by Crippen LogP contribution is 2.55. The molecule has 1 aromatic heterocycles. The molecule has 0 nitrogen and oxygen atoms in total. The molecule has 0 unspecified atom stereocenters. The Hall–Kier alpha value is -6.02. The van der Waals surface area contributed by atoms with Gasteiger partial charge in [0.15, 0.2) is 0 Å². The third-order valence-electron chi connectivity index (χ3n) is 11.6. The molecule has 1 aliphatic carbocycles. The van der Waals surface area contributed by atoms with E-state index >= 15 is 0 Å². The summed E-state index contributed by atoms with van der Waals surface area (Å²) in [7, 11) is 0. The van der Waals surface area contributed by atoms with Gasteiger partial charge in [-0.25, -0.2) is 0 Å². The largest absolute Gasteiger partial charge is 0.135 e. The van der Waals surface area contributed by atoms with Gasteiger partial charge in [0.1, 0.15) is 0 Å². The Labute approximate surface area is 307 Å². The van der Waals surface area contributed by atoms with Crippen LogP contribution in [0.3, 0.4) is 0 Å². The van der Waals surface area contributed by atoms with Crippen molar-refractivity contribution in [2.24, 2.45) is 0 Å². The van der Waals surface area contributed by atoms with E-state index in [4.69, 9.17) is 0 Å². The summed E-state index contributed by atoms with van der Waals surface area (Å²) in [6.45, 7) is 4.83. The molecule has 0 saturated heterocycles. The summed E-state index contributed by atoms with van der Waals surface area (Å²) in [5.74, 6) is 0. The van der Waals surface area contributed by atoms with Crippen molar-refractivity contribution in [3.63, 3.8) is 0 Å². The van der Waals surface area contributed by atoms with Gasteiger partial charge in [-0.1, -0.05) is 153 Å². The standard InChI is InChI=1S/C51H34S/c1-51(2)44-25-23-35(28-42(44)41-24-26-45-49(50(41)51)43-29-33-15-6-7-16-34(33)30-46(43)52-45)32-17-12-18-36(27-32)48-39-21-10-8-19-37(39)47(31-13-4-3-5-14-31)38-20-9-11-22-40(38)48/h3-30H,1-2H3. The molecule has 52 heavy (non-hydrogen) atoms. The van der Waals surface area contributed by atoms with Crippen LogP contribution in [0.2, 0.25) is 0 Å². The van der Waals surface area contributed by atoms with Gasteiger partial charge >= 0.3 is 0 Å². The minimum absolute atomic E-state index is 0.109. The van der Waals surface area contributed by atoms with E-state index in [-0.39, 0.29) is 5.41 Å². The van der Waals surface area contributed by atoms with Gasteiger partial charge in [-0.3, -0.25) is 0 Å². The Bertz CT molecular complexity index is 3030. The van der Waals surface area contributed by atoms with Crippen LogP contribution in [0.1, 0.15) is 25.0 Å². The molecule has 0 fully saturated rings. The smallest absolute Gasteiger partial charge is 0.0361 e. The van der Waals surface area contributed by atoms with Crippen LogP contribution < -0.4 is 0 Å². The highest BCUT2D eigenvalue weighted by atomic mass is 32.1. The van der Waals surface area contributed by atoms with Crippen LogP contribution in [-0.4, -0.2) is 0 Å². The van der Waals surface area contributed by atoms with Crippen molar-refractivity contribution in [1.82, 2.24) is 0 Å². The maximum atomic E-state index is 2.45. The Kier molecular flexibility index (Phi) is 6.27. The zero-order valence-electron chi connectivity index (χ0n) is 29.1. The van der Waals surface area contributed by atoms with Crippen molar-refractivity contribution >= 4 is 63.8 Å². The monoisotopic (exact) mass is 678 g/mol. The summed E-state index contributed by atoms with van der Waals surface area (Å²) in [5, 5.41) is 10.5. The summed E-state index contributed by atoms with van der Waals surface area (Å²) < 4.78 is 2.74. The fourth-order valence-electron chi connectivity index (χ4n) is 9.26. The van der Waals surface area contributed by atoms with Crippen molar-refractivity contribution in [3.8, 4) is 44.5 Å². The number of benzene rings is 9. The molecule has 10 aromatic rings. The Morgan fingerprint density at radius 2 is 0.962 bits per heavy atom. The molecule has 0 amide bonds. The average molecular weight is 679 g/mol. The molecule has 244 valence electrons. The zero-order chi connectivity index (χ0) is 34.6. The summed E-state index contributed by atoms with van der Waals surface area (Å²) in [5.41, 5.74) is 13.0. The molecule has 0 saturated carbocycles. The molecule has 9 aromatic carbocycles. The molecule has 0 bridgehead atoms. The van der Waals surface area contributed by atoms with Gasteiger partial charge in [-0.2, -0.15) is 0 Å². The molecule has 1 heterocycles. The van der Waals surface area contributed by atoms with Crippen molar-refractivity contribution in [3.05, 3.63) is 181 Å². The van der Waals surface area contributed by atoms with Crippen molar-refractivity contribution in [2.75, 3.05) is 0 Å². The van der Waals surface area contributed by atoms with E-state index in [0.717, 1.165) is 0 Å². The van der Waals surface area contributed by atoms with Crippen LogP contribution >= 0.6 is 11.3 Å². The van der Waals surface area contributed by atoms with E-state index in [2.05, 4.69) is 184 Å². The van der Waals surface area contributed by atoms with Gasteiger partial charge in [0.2, 0.25) is 0 Å². The molecule has 11 rings (SSSR count). The molecule has 0 N–H and O–H groups in total. The number of hydrogen-bond acceptors (Lipinski definition) is 1. The van der Waals surface area contributed by atoms with Gasteiger partial charge in [-0.05, 0) is 118 Å². The average Bonchev–Trinajstić information content (AvgIpc) is 3.66. The first-order valence-corrected chi connectivity index (χ1v) is 19.0. The summed E-state index contributed by atoms with van der Waals surface area (Å²) in [6.07, 6.45) is 0. The van der Waals surface area contributed by atoms with E-state index in [9.17, 15) is 0 Å². The van der Waals surface area contributed by atoms with Crippen LogP contribution in [0.15, 0.2) is 170 Å². The second-order valence-corrected chi connectivity index (χ2v) is 15.9.